The Morgan fingerprint density at radius 1 is 0.964 bits per heavy atom. The molecule has 0 aliphatic carbocycles. The van der Waals surface area contributed by atoms with Crippen molar-refractivity contribution in [2.75, 3.05) is 25.3 Å². The summed E-state index contributed by atoms with van der Waals surface area (Å²) in [4.78, 5) is 11.6. The second kappa shape index (κ2) is 11.8. The minimum Gasteiger partial charge on any atom is -0.495 e. The zero-order valence-electron chi connectivity index (χ0n) is 15.9. The van der Waals surface area contributed by atoms with Crippen molar-refractivity contribution in [3.8, 4) is 11.5 Å². The zero-order valence-corrected chi connectivity index (χ0v) is 19.1. The van der Waals surface area contributed by atoms with E-state index in [4.69, 9.17) is 19.9 Å². The van der Waals surface area contributed by atoms with Crippen LogP contribution in [0, 0.1) is 0 Å². The van der Waals surface area contributed by atoms with Gasteiger partial charge in [0.15, 0.2) is 0 Å². The molecule has 0 fully saturated rings. The van der Waals surface area contributed by atoms with Crippen LogP contribution in [-0.2, 0) is 4.74 Å². The lowest BCUT2D eigenvalue weighted by Gasteiger charge is -2.20. The first-order valence-electron chi connectivity index (χ1n) is 7.98. The molecule has 2 aromatic rings. The van der Waals surface area contributed by atoms with E-state index in [-0.39, 0.29) is 7.43 Å². The lowest BCUT2D eigenvalue weighted by atomic mass is 10.2. The van der Waals surface area contributed by atoms with Crippen molar-refractivity contribution in [2.45, 2.75) is 33.8 Å². The van der Waals surface area contributed by atoms with E-state index in [9.17, 15) is 4.79 Å². The highest BCUT2D eigenvalue weighted by molar-refractivity contribution is 9.10. The van der Waals surface area contributed by atoms with Crippen LogP contribution in [0.5, 0.6) is 11.5 Å². The zero-order chi connectivity index (χ0) is 20.6. The topological polar surface area (TPSA) is 82.8 Å². The predicted molar refractivity (Wildman–Crippen MR) is 122 cm³/mol. The van der Waals surface area contributed by atoms with Gasteiger partial charge >= 0.3 is 6.09 Å². The van der Waals surface area contributed by atoms with Gasteiger partial charge in [0.25, 0.3) is 0 Å². The second-order valence-electron chi connectivity index (χ2n) is 6.36. The molecule has 0 radical (unpaired) electrons. The molecule has 0 aliphatic rings. The number of halogens is 2. The van der Waals surface area contributed by atoms with Crippen LogP contribution in [0.15, 0.2) is 45.3 Å². The van der Waals surface area contributed by atoms with Crippen molar-refractivity contribution in [1.82, 2.24) is 0 Å². The summed E-state index contributed by atoms with van der Waals surface area (Å²) >= 11 is 6.62. The van der Waals surface area contributed by atoms with Crippen molar-refractivity contribution in [1.29, 1.82) is 0 Å². The minimum absolute atomic E-state index is 0. The minimum atomic E-state index is -0.524. The molecule has 156 valence electrons. The van der Waals surface area contributed by atoms with Crippen molar-refractivity contribution in [3.05, 3.63) is 45.3 Å². The molecule has 0 atom stereocenters. The number of benzene rings is 2. The number of hydrogen-bond acceptors (Lipinski definition) is 5. The Morgan fingerprint density at radius 2 is 1.46 bits per heavy atom. The third-order valence-electron chi connectivity index (χ3n) is 2.99. The molecule has 3 N–H and O–H groups in total. The highest BCUT2D eigenvalue weighted by atomic mass is 79.9. The van der Waals surface area contributed by atoms with E-state index in [0.29, 0.717) is 22.9 Å². The molecular weight excluding hydrogens is 492 g/mol. The number of amides is 1. The van der Waals surface area contributed by atoms with E-state index in [0.717, 1.165) is 8.95 Å². The van der Waals surface area contributed by atoms with Crippen LogP contribution in [0.2, 0.25) is 0 Å². The van der Waals surface area contributed by atoms with Gasteiger partial charge in [0.1, 0.15) is 17.1 Å². The molecule has 1 amide bonds. The maximum Gasteiger partial charge on any atom is 0.412 e. The van der Waals surface area contributed by atoms with Crippen LogP contribution < -0.4 is 20.5 Å². The van der Waals surface area contributed by atoms with Crippen molar-refractivity contribution >= 4 is 49.3 Å². The van der Waals surface area contributed by atoms with E-state index in [1.54, 1.807) is 32.4 Å². The van der Waals surface area contributed by atoms with Crippen LogP contribution in [0.3, 0.4) is 0 Å². The number of carbonyl (C=O) groups excluding carboxylic acids is 1. The van der Waals surface area contributed by atoms with Gasteiger partial charge in [-0.25, -0.2) is 4.79 Å². The fraction of sp³-hybridized carbons (Fsp3) is 0.350. The summed E-state index contributed by atoms with van der Waals surface area (Å²) in [5, 5.41) is 2.64. The normalized spacial score (nSPS) is 9.96. The molecule has 0 spiro atoms. The maximum atomic E-state index is 11.6. The molecule has 0 saturated heterocycles. The summed E-state index contributed by atoms with van der Waals surface area (Å²) in [7, 11) is 3.14. The van der Waals surface area contributed by atoms with Crippen LogP contribution in [-0.4, -0.2) is 25.9 Å². The van der Waals surface area contributed by atoms with Crippen molar-refractivity contribution in [2.24, 2.45) is 0 Å². The van der Waals surface area contributed by atoms with Gasteiger partial charge < -0.3 is 19.9 Å². The van der Waals surface area contributed by atoms with Gasteiger partial charge in [-0.15, -0.1) is 0 Å². The third-order valence-corrected chi connectivity index (χ3v) is 3.98. The van der Waals surface area contributed by atoms with E-state index >= 15 is 0 Å². The van der Waals surface area contributed by atoms with E-state index < -0.39 is 11.7 Å². The van der Waals surface area contributed by atoms with Gasteiger partial charge in [-0.3, -0.25) is 5.32 Å². The number of carbonyl (C=O) groups is 1. The Bertz CT molecular complexity index is 777. The fourth-order valence-electron chi connectivity index (χ4n) is 1.90. The maximum absolute atomic E-state index is 11.6. The van der Waals surface area contributed by atoms with Crippen molar-refractivity contribution in [3.63, 3.8) is 0 Å². The van der Waals surface area contributed by atoms with Gasteiger partial charge in [-0.1, -0.05) is 39.3 Å². The summed E-state index contributed by atoms with van der Waals surface area (Å²) in [6.07, 6.45) is -0.506. The number of hydrogen-bond donors (Lipinski definition) is 2. The first-order valence-corrected chi connectivity index (χ1v) is 9.57. The highest BCUT2D eigenvalue weighted by Crippen LogP contribution is 2.28. The summed E-state index contributed by atoms with van der Waals surface area (Å²) in [5.41, 5.74) is 6.27. The highest BCUT2D eigenvalue weighted by Gasteiger charge is 2.17. The Balaban J connectivity index is 0.000000567. The average Bonchev–Trinajstić information content (AvgIpc) is 2.54. The molecule has 0 unspecified atom stereocenters. The van der Waals surface area contributed by atoms with Gasteiger partial charge in [-0.2, -0.15) is 0 Å². The Kier molecular flexibility index (Phi) is 11.0. The lowest BCUT2D eigenvalue weighted by molar-refractivity contribution is 0.0635. The average molecular weight is 520 g/mol. The standard InChI is InChI=1S/C12H16BrNO3.C7H8BrNO.CH4/c1-12(2,3)17-11(15)14-9-7-8(13)5-6-10(9)16-4;1-10-7-3-2-5(8)4-6(7)9;/h5-7H,1-4H3,(H,14,15);2-4H,9H2,1H3;1H4. The molecule has 0 bridgehead atoms. The number of nitrogen functional groups attached to an aromatic ring is 1. The number of nitrogens with two attached hydrogens (primary N) is 1. The molecule has 0 aromatic heterocycles. The molecule has 8 heteroatoms. The molecular formula is C20H28Br2N2O4. The van der Waals surface area contributed by atoms with Crippen LogP contribution in [0.4, 0.5) is 16.2 Å². The smallest absolute Gasteiger partial charge is 0.412 e. The number of anilines is 2. The van der Waals surface area contributed by atoms with Crippen LogP contribution in [0.25, 0.3) is 0 Å². The molecule has 0 saturated carbocycles. The molecule has 0 aliphatic heterocycles. The van der Waals surface area contributed by atoms with Crippen LogP contribution >= 0.6 is 31.9 Å². The predicted octanol–water partition coefficient (Wildman–Crippen LogP) is 6.48. The largest absolute Gasteiger partial charge is 0.495 e. The quantitative estimate of drug-likeness (QED) is 0.453. The first-order chi connectivity index (χ1) is 12.6. The summed E-state index contributed by atoms with van der Waals surface area (Å²) in [6, 6.07) is 10.9. The van der Waals surface area contributed by atoms with E-state index in [1.807, 2.05) is 39.0 Å². The summed E-state index contributed by atoms with van der Waals surface area (Å²) < 4.78 is 17.1. The molecule has 0 heterocycles. The molecule has 28 heavy (non-hydrogen) atoms. The lowest BCUT2D eigenvalue weighted by Crippen LogP contribution is -2.27. The van der Waals surface area contributed by atoms with E-state index in [2.05, 4.69) is 37.2 Å². The number of nitrogens with one attached hydrogen (secondary N) is 1. The second-order valence-corrected chi connectivity index (χ2v) is 8.19. The molecule has 2 aromatic carbocycles. The van der Waals surface area contributed by atoms with Crippen molar-refractivity contribution < 1.29 is 19.0 Å². The van der Waals surface area contributed by atoms with Gasteiger partial charge in [-0.05, 0) is 57.2 Å². The monoisotopic (exact) mass is 518 g/mol. The third kappa shape index (κ3) is 9.32. The van der Waals surface area contributed by atoms with Gasteiger partial charge in [0, 0.05) is 8.95 Å². The Morgan fingerprint density at radius 3 is 1.93 bits per heavy atom. The van der Waals surface area contributed by atoms with E-state index in [1.165, 1.54) is 0 Å². The molecule has 2 rings (SSSR count). The number of methoxy groups -OCH3 is 2. The Hall–Kier alpha value is -1.93. The van der Waals surface area contributed by atoms with Gasteiger partial charge in [0.05, 0.1) is 25.6 Å². The number of rotatable bonds is 3. The number of ether oxygens (including phenoxy) is 3. The van der Waals surface area contributed by atoms with Crippen LogP contribution in [0.1, 0.15) is 28.2 Å². The molecule has 6 nitrogen and oxygen atoms in total. The summed E-state index contributed by atoms with van der Waals surface area (Å²) in [6.45, 7) is 5.43. The summed E-state index contributed by atoms with van der Waals surface area (Å²) in [5.74, 6) is 1.29. The fourth-order valence-corrected chi connectivity index (χ4v) is 2.64. The first kappa shape index (κ1) is 26.1. The van der Waals surface area contributed by atoms with Gasteiger partial charge in [0.2, 0.25) is 0 Å². The SMILES string of the molecule is C.COc1ccc(Br)cc1N.COc1ccc(Br)cc1NC(=O)OC(C)(C)C. The Labute approximate surface area is 184 Å².